The van der Waals surface area contributed by atoms with Crippen LogP contribution in [0.1, 0.15) is 32.6 Å². The number of benzene rings is 3. The number of methoxy groups -OCH3 is 1. The van der Waals surface area contributed by atoms with Crippen LogP contribution in [0.5, 0.6) is 5.75 Å². The van der Waals surface area contributed by atoms with Crippen LogP contribution in [-0.2, 0) is 6.54 Å². The van der Waals surface area contributed by atoms with E-state index in [0.717, 1.165) is 61.6 Å². The molecular weight excluding hydrogens is 540 g/mol. The number of para-hydroxylation sites is 1. The van der Waals surface area contributed by atoms with Gasteiger partial charge in [0.25, 0.3) is 0 Å². The van der Waals surface area contributed by atoms with Gasteiger partial charge in [0.1, 0.15) is 11.6 Å². The molecule has 3 aromatic carbocycles. The minimum absolute atomic E-state index is 0.835. The maximum atomic E-state index is 5.72. The van der Waals surface area contributed by atoms with E-state index in [2.05, 4.69) is 97.9 Å². The highest BCUT2D eigenvalue weighted by Gasteiger charge is 2.22. The van der Waals surface area contributed by atoms with Crippen LogP contribution in [0.2, 0.25) is 0 Å². The summed E-state index contributed by atoms with van der Waals surface area (Å²) in [7, 11) is 1.72. The average molecular weight is 568 g/mol. The Hall–Kier alpha value is -2.37. The van der Waals surface area contributed by atoms with E-state index in [4.69, 9.17) is 9.72 Å². The summed E-state index contributed by atoms with van der Waals surface area (Å²) in [6, 6.07) is 25.1. The summed E-state index contributed by atoms with van der Waals surface area (Å²) >= 11 is 7.15. The predicted octanol–water partition coefficient (Wildman–Crippen LogP) is 9.00. The number of hydrogen-bond donors (Lipinski definition) is 0. The van der Waals surface area contributed by atoms with Crippen molar-refractivity contribution in [3.05, 3.63) is 81.7 Å². The van der Waals surface area contributed by atoms with E-state index in [1.54, 1.807) is 7.11 Å². The molecule has 0 aliphatic carbocycles. The van der Waals surface area contributed by atoms with Crippen LogP contribution in [0.25, 0.3) is 33.9 Å². The zero-order valence-corrected chi connectivity index (χ0v) is 22.2. The largest absolute Gasteiger partial charge is 0.496 e. The first kappa shape index (κ1) is 23.8. The molecule has 0 bridgehead atoms. The van der Waals surface area contributed by atoms with E-state index in [0.29, 0.717) is 0 Å². The van der Waals surface area contributed by atoms with E-state index in [-0.39, 0.29) is 0 Å². The van der Waals surface area contributed by atoms with Gasteiger partial charge in [-0.15, -0.1) is 0 Å². The molecular formula is C28H28Br2N2O. The zero-order chi connectivity index (χ0) is 23.2. The molecule has 0 amide bonds. The lowest BCUT2D eigenvalue weighted by Gasteiger charge is -2.15. The van der Waals surface area contributed by atoms with Gasteiger partial charge in [0.2, 0.25) is 0 Å². The minimum atomic E-state index is 0.835. The SMILES string of the molecule is CCCCCCn1c(-c2ccccc2OC)nc(-c2ccc(Br)cc2)c1-c1ccc(Br)cc1. The molecule has 1 aromatic heterocycles. The number of halogens is 2. The second kappa shape index (κ2) is 11.2. The fourth-order valence-electron chi connectivity index (χ4n) is 4.11. The van der Waals surface area contributed by atoms with E-state index >= 15 is 0 Å². The molecule has 0 saturated heterocycles. The fraction of sp³-hybridized carbons (Fsp3) is 0.250. The molecule has 0 aliphatic rings. The van der Waals surface area contributed by atoms with Crippen molar-refractivity contribution in [3.63, 3.8) is 0 Å². The molecule has 0 unspecified atom stereocenters. The molecule has 4 aromatic rings. The Morgan fingerprint density at radius 3 is 2.06 bits per heavy atom. The molecule has 4 rings (SSSR count). The predicted molar refractivity (Wildman–Crippen MR) is 145 cm³/mol. The second-order valence-electron chi connectivity index (χ2n) is 8.06. The highest BCUT2D eigenvalue weighted by atomic mass is 79.9. The molecule has 0 aliphatic heterocycles. The summed E-state index contributed by atoms with van der Waals surface area (Å²) in [6.45, 7) is 3.15. The molecule has 1 heterocycles. The summed E-state index contributed by atoms with van der Waals surface area (Å²) in [5.41, 5.74) is 5.39. The van der Waals surface area contributed by atoms with Gasteiger partial charge in [0.05, 0.1) is 24.1 Å². The lowest BCUT2D eigenvalue weighted by Crippen LogP contribution is -2.04. The van der Waals surface area contributed by atoms with Gasteiger partial charge >= 0.3 is 0 Å². The molecule has 3 nitrogen and oxygen atoms in total. The standard InChI is InChI=1S/C28H28Br2N2O/c1-3-4-5-8-19-32-27(21-13-17-23(30)18-14-21)26(20-11-15-22(29)16-12-20)31-28(32)24-9-6-7-10-25(24)33-2/h6-7,9-18H,3-5,8,19H2,1-2H3. The number of hydrogen-bond acceptors (Lipinski definition) is 2. The molecule has 0 fully saturated rings. The lowest BCUT2D eigenvalue weighted by atomic mass is 10.0. The average Bonchev–Trinajstić information content (AvgIpc) is 3.22. The smallest absolute Gasteiger partial charge is 0.144 e. The first-order valence-corrected chi connectivity index (χ1v) is 13.0. The molecule has 170 valence electrons. The maximum Gasteiger partial charge on any atom is 0.144 e. The van der Waals surface area contributed by atoms with Crippen molar-refractivity contribution in [1.29, 1.82) is 0 Å². The van der Waals surface area contributed by atoms with Gasteiger partial charge < -0.3 is 9.30 Å². The highest BCUT2D eigenvalue weighted by molar-refractivity contribution is 9.10. The normalized spacial score (nSPS) is 11.0. The van der Waals surface area contributed by atoms with E-state index < -0.39 is 0 Å². The Morgan fingerprint density at radius 1 is 0.788 bits per heavy atom. The van der Waals surface area contributed by atoms with Crippen molar-refractivity contribution >= 4 is 31.9 Å². The van der Waals surface area contributed by atoms with Crippen molar-refractivity contribution in [2.75, 3.05) is 7.11 Å². The highest BCUT2D eigenvalue weighted by Crippen LogP contribution is 2.39. The molecule has 0 N–H and O–H groups in total. The van der Waals surface area contributed by atoms with Gasteiger partial charge in [-0.3, -0.25) is 0 Å². The Morgan fingerprint density at radius 2 is 1.42 bits per heavy atom. The van der Waals surface area contributed by atoms with Crippen LogP contribution in [0, 0.1) is 0 Å². The molecule has 0 spiro atoms. The number of rotatable bonds is 9. The van der Waals surface area contributed by atoms with Crippen LogP contribution < -0.4 is 4.74 Å². The molecule has 0 atom stereocenters. The first-order chi connectivity index (χ1) is 16.1. The van der Waals surface area contributed by atoms with Crippen molar-refractivity contribution in [1.82, 2.24) is 9.55 Å². The van der Waals surface area contributed by atoms with Crippen LogP contribution in [0.4, 0.5) is 0 Å². The maximum absolute atomic E-state index is 5.72. The topological polar surface area (TPSA) is 27.1 Å². The van der Waals surface area contributed by atoms with Crippen molar-refractivity contribution in [3.8, 4) is 39.7 Å². The number of nitrogens with zero attached hydrogens (tertiary/aromatic N) is 2. The van der Waals surface area contributed by atoms with Gasteiger partial charge in [0, 0.05) is 26.6 Å². The third-order valence-corrected chi connectivity index (χ3v) is 6.84. The Balaban J connectivity index is 1.96. The monoisotopic (exact) mass is 566 g/mol. The van der Waals surface area contributed by atoms with Crippen LogP contribution >= 0.6 is 31.9 Å². The summed E-state index contributed by atoms with van der Waals surface area (Å²) in [4.78, 5) is 5.24. The summed E-state index contributed by atoms with van der Waals surface area (Å²) in [5, 5.41) is 0. The Labute approximate surface area is 213 Å². The minimum Gasteiger partial charge on any atom is -0.496 e. The summed E-state index contributed by atoms with van der Waals surface area (Å²) in [5.74, 6) is 1.78. The number of imidazole rings is 1. The van der Waals surface area contributed by atoms with Gasteiger partial charge in [-0.2, -0.15) is 0 Å². The lowest BCUT2D eigenvalue weighted by molar-refractivity contribution is 0.416. The second-order valence-corrected chi connectivity index (χ2v) is 9.89. The van der Waals surface area contributed by atoms with Gasteiger partial charge in [0.15, 0.2) is 0 Å². The van der Waals surface area contributed by atoms with Gasteiger partial charge in [-0.25, -0.2) is 4.98 Å². The van der Waals surface area contributed by atoms with Crippen LogP contribution in [0.15, 0.2) is 81.7 Å². The van der Waals surface area contributed by atoms with E-state index in [9.17, 15) is 0 Å². The zero-order valence-electron chi connectivity index (χ0n) is 19.0. The van der Waals surface area contributed by atoms with Crippen LogP contribution in [-0.4, -0.2) is 16.7 Å². The van der Waals surface area contributed by atoms with Gasteiger partial charge in [-0.1, -0.05) is 94.4 Å². The Kier molecular flexibility index (Phi) is 8.05. The summed E-state index contributed by atoms with van der Waals surface area (Å²) < 4.78 is 10.2. The first-order valence-electron chi connectivity index (χ1n) is 11.4. The fourth-order valence-corrected chi connectivity index (χ4v) is 4.64. The van der Waals surface area contributed by atoms with Crippen molar-refractivity contribution < 1.29 is 4.74 Å². The van der Waals surface area contributed by atoms with E-state index in [1.165, 1.54) is 19.3 Å². The van der Waals surface area contributed by atoms with E-state index in [1.807, 2.05) is 18.2 Å². The van der Waals surface area contributed by atoms with Crippen molar-refractivity contribution in [2.45, 2.75) is 39.2 Å². The van der Waals surface area contributed by atoms with Crippen LogP contribution in [0.3, 0.4) is 0 Å². The third-order valence-electron chi connectivity index (χ3n) is 5.79. The molecule has 5 heteroatoms. The third kappa shape index (κ3) is 5.42. The van der Waals surface area contributed by atoms with Gasteiger partial charge in [-0.05, 0) is 42.8 Å². The van der Waals surface area contributed by atoms with Crippen molar-refractivity contribution in [2.24, 2.45) is 0 Å². The summed E-state index contributed by atoms with van der Waals surface area (Å²) in [6.07, 6.45) is 4.77. The molecule has 33 heavy (non-hydrogen) atoms. The number of unbranched alkanes of at least 4 members (excludes halogenated alkanes) is 3. The Bertz CT molecular complexity index is 1200. The molecule has 0 radical (unpaired) electrons. The molecule has 0 saturated carbocycles. The number of aromatic nitrogens is 2. The number of ether oxygens (including phenoxy) is 1. The quantitative estimate of drug-likeness (QED) is 0.189.